The number of carbonyl (C=O) groups excluding carboxylic acids is 2. The lowest BCUT2D eigenvalue weighted by atomic mass is 10.1. The summed E-state index contributed by atoms with van der Waals surface area (Å²) < 4.78 is 5.49. The maximum absolute atomic E-state index is 12.4. The molecule has 0 aliphatic heterocycles. The highest BCUT2D eigenvalue weighted by atomic mass is 16.3. The molecule has 2 fully saturated rings. The molecular weight excluding hydrogens is 318 g/mol. The van der Waals surface area contributed by atoms with Gasteiger partial charge in [-0.25, -0.2) is 4.98 Å². The van der Waals surface area contributed by atoms with Crippen molar-refractivity contribution in [2.24, 2.45) is 5.92 Å². The minimum absolute atomic E-state index is 0.0428. The smallest absolute Gasteiger partial charge is 0.277 e. The SMILES string of the molecule is O=C(Nc1cccc(NC(=O)C2CC2)c1)c1coc(C2CCCC2)n1. The van der Waals surface area contributed by atoms with Gasteiger partial charge in [-0.05, 0) is 43.9 Å². The van der Waals surface area contributed by atoms with Crippen LogP contribution in [0.3, 0.4) is 0 Å². The summed E-state index contributed by atoms with van der Waals surface area (Å²) in [6.07, 6.45) is 7.85. The standard InChI is InChI=1S/C19H21N3O3/c23-17(12-8-9-12)20-14-6-3-7-15(10-14)21-18(24)16-11-25-19(22-16)13-4-1-2-5-13/h3,6-7,10-13H,1-2,4-5,8-9H2,(H,20,23)(H,21,24). The van der Waals surface area contributed by atoms with Gasteiger partial charge in [-0.1, -0.05) is 18.9 Å². The van der Waals surface area contributed by atoms with E-state index in [0.29, 0.717) is 23.2 Å². The number of rotatable bonds is 5. The summed E-state index contributed by atoms with van der Waals surface area (Å²) in [5.41, 5.74) is 1.58. The normalized spacial score (nSPS) is 17.4. The number of anilines is 2. The molecule has 6 heteroatoms. The average Bonchev–Trinajstić information content (AvgIpc) is 3.10. The molecule has 1 aromatic heterocycles. The van der Waals surface area contributed by atoms with Gasteiger partial charge < -0.3 is 15.1 Å². The summed E-state index contributed by atoms with van der Waals surface area (Å²) in [5, 5.41) is 5.68. The third kappa shape index (κ3) is 3.73. The van der Waals surface area contributed by atoms with Crippen molar-refractivity contribution in [1.29, 1.82) is 0 Å². The Morgan fingerprint density at radius 3 is 2.48 bits per heavy atom. The maximum atomic E-state index is 12.4. The number of nitrogens with zero attached hydrogens (tertiary/aromatic N) is 1. The van der Waals surface area contributed by atoms with Crippen molar-refractivity contribution >= 4 is 23.2 Å². The van der Waals surface area contributed by atoms with Crippen molar-refractivity contribution < 1.29 is 14.0 Å². The van der Waals surface area contributed by atoms with Gasteiger partial charge in [0.05, 0.1) is 0 Å². The third-order valence-electron chi connectivity index (χ3n) is 4.80. The molecule has 2 aromatic rings. The third-order valence-corrected chi connectivity index (χ3v) is 4.80. The molecule has 1 heterocycles. The van der Waals surface area contributed by atoms with Crippen molar-refractivity contribution in [3.63, 3.8) is 0 Å². The van der Waals surface area contributed by atoms with E-state index in [1.165, 1.54) is 19.1 Å². The fourth-order valence-corrected chi connectivity index (χ4v) is 3.21. The van der Waals surface area contributed by atoms with Crippen LogP contribution in [-0.2, 0) is 4.79 Å². The van der Waals surface area contributed by atoms with E-state index in [2.05, 4.69) is 15.6 Å². The number of benzene rings is 1. The molecule has 6 nitrogen and oxygen atoms in total. The molecule has 2 saturated carbocycles. The van der Waals surface area contributed by atoms with Gasteiger partial charge in [0.15, 0.2) is 11.6 Å². The Labute approximate surface area is 146 Å². The molecule has 0 bridgehead atoms. The van der Waals surface area contributed by atoms with Crippen LogP contribution in [0.25, 0.3) is 0 Å². The number of hydrogen-bond acceptors (Lipinski definition) is 4. The zero-order valence-corrected chi connectivity index (χ0v) is 14.0. The summed E-state index contributed by atoms with van der Waals surface area (Å²) in [5.74, 6) is 0.873. The molecule has 2 aliphatic rings. The van der Waals surface area contributed by atoms with E-state index in [1.54, 1.807) is 18.2 Å². The molecule has 1 aromatic carbocycles. The highest BCUT2D eigenvalue weighted by Gasteiger charge is 2.29. The Morgan fingerprint density at radius 2 is 1.76 bits per heavy atom. The van der Waals surface area contributed by atoms with Crippen LogP contribution in [0.4, 0.5) is 11.4 Å². The monoisotopic (exact) mass is 339 g/mol. The summed E-state index contributed by atoms with van der Waals surface area (Å²) in [7, 11) is 0. The minimum Gasteiger partial charge on any atom is -0.448 e. The molecule has 0 spiro atoms. The first-order valence-corrected chi connectivity index (χ1v) is 8.87. The lowest BCUT2D eigenvalue weighted by Gasteiger charge is -2.07. The lowest BCUT2D eigenvalue weighted by Crippen LogP contribution is -2.15. The van der Waals surface area contributed by atoms with Crippen LogP contribution in [0.5, 0.6) is 0 Å². The first-order valence-electron chi connectivity index (χ1n) is 8.87. The molecule has 0 radical (unpaired) electrons. The van der Waals surface area contributed by atoms with Crippen LogP contribution in [0.2, 0.25) is 0 Å². The van der Waals surface area contributed by atoms with Crippen LogP contribution in [0.15, 0.2) is 34.9 Å². The van der Waals surface area contributed by atoms with Crippen molar-refractivity contribution in [3.05, 3.63) is 42.1 Å². The van der Waals surface area contributed by atoms with Gasteiger partial charge in [0.2, 0.25) is 5.91 Å². The van der Waals surface area contributed by atoms with Crippen molar-refractivity contribution in [1.82, 2.24) is 4.98 Å². The topological polar surface area (TPSA) is 84.2 Å². The minimum atomic E-state index is -0.307. The van der Waals surface area contributed by atoms with Crippen molar-refractivity contribution in [2.75, 3.05) is 10.6 Å². The van der Waals surface area contributed by atoms with Crippen LogP contribution >= 0.6 is 0 Å². The largest absolute Gasteiger partial charge is 0.448 e. The molecule has 0 saturated heterocycles. The molecule has 25 heavy (non-hydrogen) atoms. The molecular formula is C19H21N3O3. The first kappa shape index (κ1) is 15.9. The van der Waals surface area contributed by atoms with E-state index in [4.69, 9.17) is 4.42 Å². The van der Waals surface area contributed by atoms with E-state index < -0.39 is 0 Å². The van der Waals surface area contributed by atoms with Crippen LogP contribution < -0.4 is 10.6 Å². The average molecular weight is 339 g/mol. The fourth-order valence-electron chi connectivity index (χ4n) is 3.21. The zero-order valence-electron chi connectivity index (χ0n) is 14.0. The van der Waals surface area contributed by atoms with Gasteiger partial charge in [0, 0.05) is 23.2 Å². The van der Waals surface area contributed by atoms with Gasteiger partial charge in [0.1, 0.15) is 6.26 Å². The van der Waals surface area contributed by atoms with Gasteiger partial charge in [-0.15, -0.1) is 0 Å². The maximum Gasteiger partial charge on any atom is 0.277 e. The highest BCUT2D eigenvalue weighted by molar-refractivity contribution is 6.03. The second-order valence-electron chi connectivity index (χ2n) is 6.85. The van der Waals surface area contributed by atoms with Crippen molar-refractivity contribution in [2.45, 2.75) is 44.4 Å². The van der Waals surface area contributed by atoms with Gasteiger partial charge >= 0.3 is 0 Å². The van der Waals surface area contributed by atoms with Gasteiger partial charge in [-0.3, -0.25) is 9.59 Å². The molecule has 0 unspecified atom stereocenters. The lowest BCUT2D eigenvalue weighted by molar-refractivity contribution is -0.117. The zero-order chi connectivity index (χ0) is 17.2. The number of carbonyl (C=O) groups is 2. The molecule has 2 aliphatic carbocycles. The number of oxazole rings is 1. The summed E-state index contributed by atoms with van der Waals surface area (Å²) in [4.78, 5) is 28.6. The fraction of sp³-hybridized carbons (Fsp3) is 0.421. The summed E-state index contributed by atoms with van der Waals surface area (Å²) in [6, 6.07) is 7.13. The Bertz CT molecular complexity index is 789. The van der Waals surface area contributed by atoms with E-state index >= 15 is 0 Å². The highest BCUT2D eigenvalue weighted by Crippen LogP contribution is 2.33. The molecule has 2 amide bonds. The number of amides is 2. The number of aromatic nitrogens is 1. The number of nitrogens with one attached hydrogen (secondary N) is 2. The molecule has 2 N–H and O–H groups in total. The Balaban J connectivity index is 1.41. The van der Waals surface area contributed by atoms with Crippen molar-refractivity contribution in [3.8, 4) is 0 Å². The summed E-state index contributed by atoms with van der Waals surface area (Å²) >= 11 is 0. The van der Waals surface area contributed by atoms with E-state index in [0.717, 1.165) is 25.7 Å². The van der Waals surface area contributed by atoms with E-state index in [1.807, 2.05) is 6.07 Å². The van der Waals surface area contributed by atoms with Crippen LogP contribution in [0.1, 0.15) is 60.8 Å². The summed E-state index contributed by atoms with van der Waals surface area (Å²) in [6.45, 7) is 0. The number of hydrogen-bond donors (Lipinski definition) is 2. The second kappa shape index (κ2) is 6.70. The van der Waals surface area contributed by atoms with E-state index in [9.17, 15) is 9.59 Å². The van der Waals surface area contributed by atoms with Crippen LogP contribution in [0, 0.1) is 5.92 Å². The quantitative estimate of drug-likeness (QED) is 0.864. The molecule has 130 valence electrons. The first-order chi connectivity index (χ1) is 12.2. The van der Waals surface area contributed by atoms with Crippen LogP contribution in [-0.4, -0.2) is 16.8 Å². The Morgan fingerprint density at radius 1 is 1.04 bits per heavy atom. The predicted molar refractivity (Wildman–Crippen MR) is 93.5 cm³/mol. The molecule has 4 rings (SSSR count). The van der Waals surface area contributed by atoms with Gasteiger partial charge in [0.25, 0.3) is 5.91 Å². The van der Waals surface area contributed by atoms with E-state index in [-0.39, 0.29) is 23.4 Å². The second-order valence-corrected chi connectivity index (χ2v) is 6.85. The van der Waals surface area contributed by atoms with Gasteiger partial charge in [-0.2, -0.15) is 0 Å². The molecule has 0 atom stereocenters. The predicted octanol–water partition coefficient (Wildman–Crippen LogP) is 3.93. The Kier molecular flexibility index (Phi) is 4.26. The Hall–Kier alpha value is -2.63.